The number of carbonyl (C=O) groups is 1. The van der Waals surface area contributed by atoms with Crippen molar-refractivity contribution in [2.45, 2.75) is 6.61 Å². The predicted molar refractivity (Wildman–Crippen MR) is 114 cm³/mol. The molecule has 1 aliphatic heterocycles. The Bertz CT molecular complexity index is 1040. The fourth-order valence-corrected chi connectivity index (χ4v) is 3.88. The predicted octanol–water partition coefficient (Wildman–Crippen LogP) is 1.94. The van der Waals surface area contributed by atoms with Gasteiger partial charge in [-0.15, -0.1) is 0 Å². The van der Waals surface area contributed by atoms with Crippen LogP contribution in [0.4, 0.5) is 0 Å². The Kier molecular flexibility index (Phi) is 7.08. The van der Waals surface area contributed by atoms with E-state index in [9.17, 15) is 18.5 Å². The molecule has 1 aliphatic rings. The smallest absolute Gasteiger partial charge is 0.254 e. The molecule has 1 heterocycles. The van der Waals surface area contributed by atoms with E-state index in [1.54, 1.807) is 35.2 Å². The molecule has 0 unspecified atom stereocenters. The number of amides is 1. The van der Waals surface area contributed by atoms with Gasteiger partial charge in [-0.05, 0) is 24.3 Å². The van der Waals surface area contributed by atoms with Crippen LogP contribution in [0, 0.1) is 11.3 Å². The average Bonchev–Trinajstić information content (AvgIpc) is 2.76. The molecule has 0 atom stereocenters. The van der Waals surface area contributed by atoms with Crippen molar-refractivity contribution >= 4 is 15.7 Å². The normalized spacial score (nSPS) is 14.9. The maximum atomic E-state index is 12.9. The Hall–Kier alpha value is -2.89. The number of nitrogens with zero attached hydrogens (tertiary/aromatic N) is 3. The summed E-state index contributed by atoms with van der Waals surface area (Å²) in [7, 11) is -2.99. The number of sulfone groups is 1. The second kappa shape index (κ2) is 9.74. The Morgan fingerprint density at radius 1 is 1.10 bits per heavy atom. The SMILES string of the molecule is CS(=O)(=O)CCN1CCN(C(=O)c2cccc(OCc3ccccc3C#N)c2)CC1. The number of piperazine rings is 1. The molecule has 0 N–H and O–H groups in total. The van der Waals surface area contributed by atoms with E-state index in [0.29, 0.717) is 49.6 Å². The summed E-state index contributed by atoms with van der Waals surface area (Å²) in [6.07, 6.45) is 1.24. The summed E-state index contributed by atoms with van der Waals surface area (Å²) in [6.45, 7) is 3.17. The Morgan fingerprint density at radius 2 is 1.83 bits per heavy atom. The number of carbonyl (C=O) groups excluding carboxylic acids is 1. The maximum Gasteiger partial charge on any atom is 0.254 e. The van der Waals surface area contributed by atoms with Crippen molar-refractivity contribution in [1.82, 2.24) is 9.80 Å². The zero-order chi connectivity index (χ0) is 21.6. The summed E-state index contributed by atoms with van der Waals surface area (Å²) < 4.78 is 28.5. The largest absolute Gasteiger partial charge is 0.489 e. The third kappa shape index (κ3) is 6.05. The molecule has 0 aliphatic carbocycles. The minimum absolute atomic E-state index is 0.0689. The molecule has 2 aromatic rings. The van der Waals surface area contributed by atoms with E-state index in [1.165, 1.54) is 6.26 Å². The van der Waals surface area contributed by atoms with E-state index in [2.05, 4.69) is 11.0 Å². The van der Waals surface area contributed by atoms with Crippen LogP contribution in [-0.4, -0.2) is 68.9 Å². The summed E-state index contributed by atoms with van der Waals surface area (Å²) in [5.74, 6) is 0.635. The van der Waals surface area contributed by atoms with Crippen LogP contribution in [0.1, 0.15) is 21.5 Å². The van der Waals surface area contributed by atoms with Crippen LogP contribution in [0.25, 0.3) is 0 Å². The molecule has 3 rings (SSSR count). The molecule has 30 heavy (non-hydrogen) atoms. The van der Waals surface area contributed by atoms with Crippen LogP contribution in [0.3, 0.4) is 0 Å². The van der Waals surface area contributed by atoms with E-state index >= 15 is 0 Å². The van der Waals surface area contributed by atoms with E-state index in [4.69, 9.17) is 4.74 Å². The van der Waals surface area contributed by atoms with Crippen molar-refractivity contribution < 1.29 is 17.9 Å². The number of benzene rings is 2. The highest BCUT2D eigenvalue weighted by atomic mass is 32.2. The van der Waals surface area contributed by atoms with E-state index in [1.807, 2.05) is 18.2 Å². The summed E-state index contributed by atoms with van der Waals surface area (Å²) in [4.78, 5) is 16.7. The molecule has 7 nitrogen and oxygen atoms in total. The first-order valence-corrected chi connectivity index (χ1v) is 11.8. The molecule has 1 saturated heterocycles. The Morgan fingerprint density at radius 3 is 2.53 bits per heavy atom. The van der Waals surface area contributed by atoms with Gasteiger partial charge in [-0.3, -0.25) is 9.69 Å². The zero-order valence-corrected chi connectivity index (χ0v) is 17.8. The van der Waals surface area contributed by atoms with E-state index < -0.39 is 9.84 Å². The molecule has 0 saturated carbocycles. The molecule has 0 spiro atoms. The highest BCUT2D eigenvalue weighted by Gasteiger charge is 2.23. The molecular weight excluding hydrogens is 402 g/mol. The van der Waals surface area contributed by atoms with Crippen LogP contribution in [0.5, 0.6) is 5.75 Å². The second-order valence-corrected chi connectivity index (χ2v) is 9.61. The van der Waals surface area contributed by atoms with E-state index in [-0.39, 0.29) is 18.3 Å². The van der Waals surface area contributed by atoms with Gasteiger partial charge in [0.2, 0.25) is 0 Å². The molecule has 2 aromatic carbocycles. The average molecular weight is 428 g/mol. The van der Waals surface area contributed by atoms with Gasteiger partial charge in [0, 0.05) is 50.1 Å². The molecule has 1 fully saturated rings. The summed E-state index contributed by atoms with van der Waals surface area (Å²) >= 11 is 0. The summed E-state index contributed by atoms with van der Waals surface area (Å²) in [5.41, 5.74) is 1.91. The van der Waals surface area contributed by atoms with Crippen LogP contribution >= 0.6 is 0 Å². The van der Waals surface area contributed by atoms with Crippen molar-refractivity contribution in [2.75, 3.05) is 44.7 Å². The van der Waals surface area contributed by atoms with Gasteiger partial charge in [0.05, 0.1) is 17.4 Å². The lowest BCUT2D eigenvalue weighted by molar-refractivity contribution is 0.0643. The third-order valence-corrected chi connectivity index (χ3v) is 5.98. The quantitative estimate of drug-likeness (QED) is 0.671. The zero-order valence-electron chi connectivity index (χ0n) is 17.0. The van der Waals surface area contributed by atoms with Gasteiger partial charge in [0.15, 0.2) is 0 Å². The fraction of sp³-hybridized carbons (Fsp3) is 0.364. The van der Waals surface area contributed by atoms with Gasteiger partial charge in [-0.1, -0.05) is 24.3 Å². The number of nitriles is 1. The molecule has 8 heteroatoms. The summed E-state index contributed by atoms with van der Waals surface area (Å²) in [6, 6.07) is 16.4. The number of ether oxygens (including phenoxy) is 1. The highest BCUT2D eigenvalue weighted by molar-refractivity contribution is 7.90. The third-order valence-electron chi connectivity index (χ3n) is 5.05. The van der Waals surface area contributed by atoms with Crippen LogP contribution in [0.15, 0.2) is 48.5 Å². The van der Waals surface area contributed by atoms with Crippen molar-refractivity contribution in [1.29, 1.82) is 5.26 Å². The highest BCUT2D eigenvalue weighted by Crippen LogP contribution is 2.18. The van der Waals surface area contributed by atoms with Crippen LogP contribution in [0.2, 0.25) is 0 Å². The van der Waals surface area contributed by atoms with Gasteiger partial charge in [-0.25, -0.2) is 8.42 Å². The van der Waals surface area contributed by atoms with Crippen molar-refractivity contribution in [3.63, 3.8) is 0 Å². The first kappa shape index (κ1) is 21.8. The molecule has 1 amide bonds. The molecule has 0 aromatic heterocycles. The van der Waals surface area contributed by atoms with Crippen LogP contribution < -0.4 is 4.74 Å². The van der Waals surface area contributed by atoms with Gasteiger partial charge < -0.3 is 9.64 Å². The lowest BCUT2D eigenvalue weighted by atomic mass is 10.1. The van der Waals surface area contributed by atoms with Crippen molar-refractivity contribution in [3.05, 3.63) is 65.2 Å². The van der Waals surface area contributed by atoms with Gasteiger partial charge in [0.25, 0.3) is 5.91 Å². The van der Waals surface area contributed by atoms with Gasteiger partial charge in [-0.2, -0.15) is 5.26 Å². The lowest BCUT2D eigenvalue weighted by Crippen LogP contribution is -2.49. The van der Waals surface area contributed by atoms with Crippen LogP contribution in [-0.2, 0) is 16.4 Å². The minimum Gasteiger partial charge on any atom is -0.489 e. The van der Waals surface area contributed by atoms with Gasteiger partial charge in [0.1, 0.15) is 22.2 Å². The number of rotatable bonds is 7. The second-order valence-electron chi connectivity index (χ2n) is 7.35. The minimum atomic E-state index is -2.99. The standard InChI is InChI=1S/C22H25N3O4S/c1-30(27,28)14-13-24-9-11-25(12-10-24)22(26)18-7-4-8-21(15-18)29-17-20-6-3-2-5-19(20)16-23/h2-8,15H,9-14,17H2,1H3. The molecule has 0 bridgehead atoms. The first-order valence-electron chi connectivity index (χ1n) is 9.76. The number of hydrogen-bond acceptors (Lipinski definition) is 6. The monoisotopic (exact) mass is 427 g/mol. The molecular formula is C22H25N3O4S. The number of hydrogen-bond donors (Lipinski definition) is 0. The Labute approximate surface area is 177 Å². The maximum absolute atomic E-state index is 12.9. The Balaban J connectivity index is 1.57. The summed E-state index contributed by atoms with van der Waals surface area (Å²) in [5, 5.41) is 9.18. The fourth-order valence-electron chi connectivity index (χ4n) is 3.29. The molecule has 0 radical (unpaired) electrons. The first-order chi connectivity index (χ1) is 14.4. The topological polar surface area (TPSA) is 90.7 Å². The van der Waals surface area contributed by atoms with E-state index in [0.717, 1.165) is 5.56 Å². The van der Waals surface area contributed by atoms with Gasteiger partial charge >= 0.3 is 0 Å². The lowest BCUT2D eigenvalue weighted by Gasteiger charge is -2.34. The molecule has 158 valence electrons. The van der Waals surface area contributed by atoms with Crippen molar-refractivity contribution in [3.8, 4) is 11.8 Å². The van der Waals surface area contributed by atoms with Crippen molar-refractivity contribution in [2.24, 2.45) is 0 Å².